The lowest BCUT2D eigenvalue weighted by Crippen LogP contribution is -2.51. The molecule has 21 heavy (non-hydrogen) atoms. The van der Waals surface area contributed by atoms with Crippen molar-refractivity contribution in [2.24, 2.45) is 5.92 Å². The van der Waals surface area contributed by atoms with E-state index in [1.54, 1.807) is 0 Å². The molecule has 0 radical (unpaired) electrons. The van der Waals surface area contributed by atoms with Gasteiger partial charge in [0, 0.05) is 12.1 Å². The lowest BCUT2D eigenvalue weighted by Gasteiger charge is -2.35. The van der Waals surface area contributed by atoms with E-state index in [4.69, 9.17) is 0 Å². The third-order valence-electron chi connectivity index (χ3n) is 3.94. The summed E-state index contributed by atoms with van der Waals surface area (Å²) in [5.41, 5.74) is 0. The molecule has 0 bridgehead atoms. The van der Waals surface area contributed by atoms with Crippen molar-refractivity contribution in [2.75, 3.05) is 26.2 Å². The van der Waals surface area contributed by atoms with Crippen molar-refractivity contribution in [3.05, 3.63) is 0 Å². The first kappa shape index (κ1) is 18.2. The zero-order chi connectivity index (χ0) is 16.0. The molecule has 1 aliphatic rings. The molecule has 1 rings (SSSR count). The van der Waals surface area contributed by atoms with E-state index in [0.29, 0.717) is 25.9 Å². The van der Waals surface area contributed by atoms with Gasteiger partial charge in [-0.25, -0.2) is 0 Å². The third kappa shape index (κ3) is 7.13. The summed E-state index contributed by atoms with van der Waals surface area (Å²) in [6.07, 6.45) is -3.00. The Balaban J connectivity index is 2.61. The summed E-state index contributed by atoms with van der Waals surface area (Å²) < 4.78 is 38.1. The smallest absolute Gasteiger partial charge is 0.352 e. The predicted octanol–water partition coefficient (Wildman–Crippen LogP) is 1.76. The SMILES string of the molecule is CC(C)C(C)NC(=O)CN(CC(F)(F)F)C1CCNCC1. The Morgan fingerprint density at radius 3 is 2.33 bits per heavy atom. The van der Waals surface area contributed by atoms with Gasteiger partial charge in [0.1, 0.15) is 0 Å². The standard InChI is InChI=1S/C14H26F3N3O/c1-10(2)11(3)19-13(21)8-20(9-14(15,16)17)12-4-6-18-7-5-12/h10-12,18H,4-9H2,1-3H3,(H,19,21). The van der Waals surface area contributed by atoms with E-state index >= 15 is 0 Å². The maximum absolute atomic E-state index is 12.7. The van der Waals surface area contributed by atoms with Crippen molar-refractivity contribution in [2.45, 2.75) is 51.9 Å². The summed E-state index contributed by atoms with van der Waals surface area (Å²) >= 11 is 0. The van der Waals surface area contributed by atoms with Crippen LogP contribution in [0.1, 0.15) is 33.6 Å². The summed E-state index contributed by atoms with van der Waals surface area (Å²) in [5.74, 6) is -0.0807. The van der Waals surface area contributed by atoms with E-state index in [9.17, 15) is 18.0 Å². The van der Waals surface area contributed by atoms with Gasteiger partial charge in [-0.05, 0) is 38.8 Å². The summed E-state index contributed by atoms with van der Waals surface area (Å²) in [5, 5.41) is 5.90. The molecule has 1 atom stereocenters. The van der Waals surface area contributed by atoms with E-state index in [0.717, 1.165) is 0 Å². The summed E-state index contributed by atoms with van der Waals surface area (Å²) in [7, 11) is 0. The Bertz CT molecular complexity index is 328. The van der Waals surface area contributed by atoms with E-state index in [1.807, 2.05) is 20.8 Å². The predicted molar refractivity (Wildman–Crippen MR) is 76.0 cm³/mol. The number of carbonyl (C=O) groups excluding carboxylic acids is 1. The monoisotopic (exact) mass is 309 g/mol. The molecule has 4 nitrogen and oxygen atoms in total. The normalized spacial score (nSPS) is 19.0. The molecule has 0 saturated carbocycles. The molecular formula is C14H26F3N3O. The fraction of sp³-hybridized carbons (Fsp3) is 0.929. The van der Waals surface area contributed by atoms with E-state index < -0.39 is 12.7 Å². The number of rotatable bonds is 6. The van der Waals surface area contributed by atoms with E-state index in [-0.39, 0.29) is 30.5 Å². The van der Waals surface area contributed by atoms with E-state index in [1.165, 1.54) is 4.90 Å². The highest BCUT2D eigenvalue weighted by atomic mass is 19.4. The molecule has 0 aromatic heterocycles. The Labute approximate surface area is 124 Å². The number of nitrogens with zero attached hydrogens (tertiary/aromatic N) is 1. The van der Waals surface area contributed by atoms with Gasteiger partial charge in [0.2, 0.25) is 5.91 Å². The Hall–Kier alpha value is -0.820. The molecule has 1 aliphatic heterocycles. The minimum absolute atomic E-state index is 0.0433. The minimum atomic E-state index is -4.28. The van der Waals surface area contributed by atoms with Crippen molar-refractivity contribution < 1.29 is 18.0 Å². The minimum Gasteiger partial charge on any atom is -0.352 e. The zero-order valence-corrected chi connectivity index (χ0v) is 13.0. The van der Waals surface area contributed by atoms with Gasteiger partial charge in [-0.2, -0.15) is 13.2 Å². The highest BCUT2D eigenvalue weighted by Crippen LogP contribution is 2.21. The molecular weight excluding hydrogens is 283 g/mol. The first-order chi connectivity index (χ1) is 9.69. The number of carbonyl (C=O) groups is 1. The number of alkyl halides is 3. The second-order valence-corrected chi connectivity index (χ2v) is 6.10. The van der Waals surface area contributed by atoms with Gasteiger partial charge in [-0.1, -0.05) is 13.8 Å². The van der Waals surface area contributed by atoms with Crippen molar-refractivity contribution in [3.8, 4) is 0 Å². The maximum atomic E-state index is 12.7. The summed E-state index contributed by atoms with van der Waals surface area (Å²) in [4.78, 5) is 13.2. The Morgan fingerprint density at radius 1 is 1.29 bits per heavy atom. The fourth-order valence-corrected chi connectivity index (χ4v) is 2.37. The third-order valence-corrected chi connectivity index (χ3v) is 3.94. The maximum Gasteiger partial charge on any atom is 0.401 e. The van der Waals surface area contributed by atoms with Gasteiger partial charge in [-0.3, -0.25) is 9.69 Å². The lowest BCUT2D eigenvalue weighted by molar-refractivity contribution is -0.154. The zero-order valence-electron chi connectivity index (χ0n) is 13.0. The second kappa shape index (κ2) is 7.98. The molecule has 0 spiro atoms. The van der Waals surface area contributed by atoms with Crippen LogP contribution < -0.4 is 10.6 Å². The molecule has 1 saturated heterocycles. The van der Waals surface area contributed by atoms with Crippen LogP contribution in [-0.4, -0.2) is 55.2 Å². The summed E-state index contributed by atoms with van der Waals surface area (Å²) in [6.45, 7) is 5.96. The number of piperidine rings is 1. The van der Waals surface area contributed by atoms with Crippen LogP contribution in [0.4, 0.5) is 13.2 Å². The number of hydrogen-bond acceptors (Lipinski definition) is 3. The van der Waals surface area contributed by atoms with Gasteiger partial charge >= 0.3 is 6.18 Å². The van der Waals surface area contributed by atoms with Gasteiger partial charge in [0.25, 0.3) is 0 Å². The molecule has 0 aromatic rings. The van der Waals surface area contributed by atoms with Crippen LogP contribution in [0.3, 0.4) is 0 Å². The number of halogens is 3. The largest absolute Gasteiger partial charge is 0.401 e. The Kier molecular flexibility index (Phi) is 6.93. The summed E-state index contributed by atoms with van der Waals surface area (Å²) in [6, 6.07) is -0.230. The molecule has 0 aromatic carbocycles. The van der Waals surface area contributed by atoms with Gasteiger partial charge in [-0.15, -0.1) is 0 Å². The van der Waals surface area contributed by atoms with Crippen LogP contribution in [0.2, 0.25) is 0 Å². The fourth-order valence-electron chi connectivity index (χ4n) is 2.37. The molecule has 7 heteroatoms. The van der Waals surface area contributed by atoms with Crippen LogP contribution >= 0.6 is 0 Å². The number of hydrogen-bond donors (Lipinski definition) is 2. The molecule has 2 N–H and O–H groups in total. The van der Waals surface area contributed by atoms with Crippen LogP contribution in [0.15, 0.2) is 0 Å². The van der Waals surface area contributed by atoms with E-state index in [2.05, 4.69) is 10.6 Å². The average Bonchev–Trinajstić information content (AvgIpc) is 2.37. The average molecular weight is 309 g/mol. The van der Waals surface area contributed by atoms with Crippen LogP contribution in [-0.2, 0) is 4.79 Å². The Morgan fingerprint density at radius 2 is 1.86 bits per heavy atom. The molecule has 1 unspecified atom stereocenters. The lowest BCUT2D eigenvalue weighted by atomic mass is 10.0. The van der Waals surface area contributed by atoms with Crippen LogP contribution in [0, 0.1) is 5.92 Å². The molecule has 1 heterocycles. The van der Waals surface area contributed by atoms with Gasteiger partial charge < -0.3 is 10.6 Å². The molecule has 124 valence electrons. The van der Waals surface area contributed by atoms with Crippen molar-refractivity contribution in [1.82, 2.24) is 15.5 Å². The molecule has 1 amide bonds. The quantitative estimate of drug-likeness (QED) is 0.786. The second-order valence-electron chi connectivity index (χ2n) is 6.10. The number of nitrogens with one attached hydrogen (secondary N) is 2. The van der Waals surface area contributed by atoms with Crippen LogP contribution in [0.5, 0.6) is 0 Å². The highest BCUT2D eigenvalue weighted by molar-refractivity contribution is 5.78. The van der Waals surface area contributed by atoms with Crippen molar-refractivity contribution in [1.29, 1.82) is 0 Å². The topological polar surface area (TPSA) is 44.4 Å². The first-order valence-corrected chi connectivity index (χ1v) is 7.50. The molecule has 1 fully saturated rings. The molecule has 0 aliphatic carbocycles. The highest BCUT2D eigenvalue weighted by Gasteiger charge is 2.35. The number of amides is 1. The first-order valence-electron chi connectivity index (χ1n) is 7.50. The van der Waals surface area contributed by atoms with Gasteiger partial charge in [0.15, 0.2) is 0 Å². The van der Waals surface area contributed by atoms with Crippen molar-refractivity contribution in [3.63, 3.8) is 0 Å². The van der Waals surface area contributed by atoms with Gasteiger partial charge in [0.05, 0.1) is 13.1 Å². The van der Waals surface area contributed by atoms with Crippen molar-refractivity contribution >= 4 is 5.91 Å². The van der Waals surface area contributed by atoms with Crippen LogP contribution in [0.25, 0.3) is 0 Å².